The topological polar surface area (TPSA) is 84.3 Å². The zero-order valence-corrected chi connectivity index (χ0v) is 17.9. The highest BCUT2D eigenvalue weighted by Gasteiger charge is 2.22. The van der Waals surface area contributed by atoms with Crippen LogP contribution in [0.4, 0.5) is 10.1 Å². The smallest absolute Gasteiger partial charge is 0.259 e. The van der Waals surface area contributed by atoms with E-state index in [1.807, 2.05) is 13.8 Å². The van der Waals surface area contributed by atoms with Crippen LogP contribution in [0.5, 0.6) is 0 Å². The molecule has 0 radical (unpaired) electrons. The minimum absolute atomic E-state index is 0.0428. The van der Waals surface area contributed by atoms with Crippen molar-refractivity contribution in [2.24, 2.45) is 0 Å². The number of hydrogen-bond donors (Lipinski definition) is 1. The maximum atomic E-state index is 13.3. The third-order valence-electron chi connectivity index (χ3n) is 4.54. The van der Waals surface area contributed by atoms with Gasteiger partial charge in [0.25, 0.3) is 5.91 Å². The van der Waals surface area contributed by atoms with E-state index >= 15 is 0 Å². The van der Waals surface area contributed by atoms with Crippen molar-refractivity contribution in [2.75, 3.05) is 19.4 Å². The Morgan fingerprint density at radius 2 is 1.80 bits per heavy atom. The normalized spacial score (nSPS) is 11.8. The van der Waals surface area contributed by atoms with E-state index in [1.54, 1.807) is 28.9 Å². The molecule has 1 amide bonds. The Hall–Kier alpha value is -3.04. The fourth-order valence-corrected chi connectivity index (χ4v) is 3.97. The molecule has 9 heteroatoms. The third kappa shape index (κ3) is 4.27. The van der Waals surface area contributed by atoms with Gasteiger partial charge in [0.15, 0.2) is 0 Å². The Bertz CT molecular complexity index is 1170. The number of carbonyl (C=O) groups is 1. The number of rotatable bonds is 6. The Balaban J connectivity index is 1.94. The Kier molecular flexibility index (Phi) is 6.04. The van der Waals surface area contributed by atoms with Crippen molar-refractivity contribution in [3.63, 3.8) is 0 Å². The lowest BCUT2D eigenvalue weighted by molar-refractivity contribution is 0.102. The van der Waals surface area contributed by atoms with Crippen LogP contribution in [-0.4, -0.2) is 42.5 Å². The van der Waals surface area contributed by atoms with Crippen molar-refractivity contribution < 1.29 is 17.6 Å². The lowest BCUT2D eigenvalue weighted by atomic mass is 10.0. The summed E-state index contributed by atoms with van der Waals surface area (Å²) in [6.45, 7) is 3.86. The number of sulfonamides is 1. The summed E-state index contributed by atoms with van der Waals surface area (Å²) < 4.78 is 40.7. The van der Waals surface area contributed by atoms with E-state index in [-0.39, 0.29) is 16.6 Å². The van der Waals surface area contributed by atoms with Gasteiger partial charge < -0.3 is 5.32 Å². The molecule has 1 aromatic heterocycles. The number of aromatic nitrogens is 2. The van der Waals surface area contributed by atoms with Gasteiger partial charge in [0.1, 0.15) is 5.82 Å². The molecule has 3 aromatic rings. The molecule has 0 bridgehead atoms. The number of anilines is 1. The van der Waals surface area contributed by atoms with Crippen LogP contribution in [0.2, 0.25) is 0 Å². The van der Waals surface area contributed by atoms with Crippen molar-refractivity contribution in [1.82, 2.24) is 14.1 Å². The number of hydrogen-bond acceptors (Lipinski definition) is 4. The van der Waals surface area contributed by atoms with E-state index in [9.17, 15) is 17.6 Å². The first-order valence-electron chi connectivity index (χ1n) is 9.29. The van der Waals surface area contributed by atoms with Gasteiger partial charge >= 0.3 is 0 Å². The van der Waals surface area contributed by atoms with E-state index in [0.717, 1.165) is 4.31 Å². The summed E-state index contributed by atoms with van der Waals surface area (Å²) in [7, 11) is -0.734. The molecule has 1 heterocycles. The van der Waals surface area contributed by atoms with Gasteiger partial charge in [0.2, 0.25) is 10.0 Å². The van der Waals surface area contributed by atoms with Crippen LogP contribution < -0.4 is 5.32 Å². The standard InChI is InChI=1S/C21H23FN4O3S/c1-14(2)20-19(13-23-26(20)17-10-8-15(22)9-11-17)21(27)24-16-6-5-7-18(12-16)30(28,29)25(3)4/h5-14H,1-4H3,(H,24,27). The highest BCUT2D eigenvalue weighted by Crippen LogP contribution is 2.25. The zero-order valence-electron chi connectivity index (χ0n) is 17.1. The summed E-state index contributed by atoms with van der Waals surface area (Å²) in [6.07, 6.45) is 1.45. The molecule has 7 nitrogen and oxygen atoms in total. The predicted octanol–water partition coefficient (Wildman–Crippen LogP) is 3.64. The van der Waals surface area contributed by atoms with Crippen LogP contribution in [0.25, 0.3) is 5.69 Å². The summed E-state index contributed by atoms with van der Waals surface area (Å²) in [6, 6.07) is 11.9. The average Bonchev–Trinajstić information content (AvgIpc) is 3.14. The molecule has 0 aliphatic carbocycles. The Labute approximate surface area is 175 Å². The average molecular weight is 431 g/mol. The first kappa shape index (κ1) is 21.7. The van der Waals surface area contributed by atoms with Gasteiger partial charge in [0.05, 0.1) is 28.0 Å². The van der Waals surface area contributed by atoms with E-state index < -0.39 is 15.9 Å². The largest absolute Gasteiger partial charge is 0.322 e. The van der Waals surface area contributed by atoms with Crippen LogP contribution in [0.15, 0.2) is 59.6 Å². The molecule has 1 N–H and O–H groups in total. The fraction of sp³-hybridized carbons (Fsp3) is 0.238. The van der Waals surface area contributed by atoms with Crippen molar-refractivity contribution in [1.29, 1.82) is 0 Å². The molecule has 0 aliphatic rings. The van der Waals surface area contributed by atoms with Gasteiger partial charge in [-0.15, -0.1) is 0 Å². The van der Waals surface area contributed by atoms with E-state index in [1.165, 1.54) is 44.6 Å². The van der Waals surface area contributed by atoms with Crippen molar-refractivity contribution >= 4 is 21.6 Å². The molecule has 0 spiro atoms. The van der Waals surface area contributed by atoms with Crippen molar-refractivity contribution in [3.8, 4) is 5.69 Å². The molecule has 158 valence electrons. The minimum Gasteiger partial charge on any atom is -0.322 e. The predicted molar refractivity (Wildman–Crippen MR) is 113 cm³/mol. The second-order valence-electron chi connectivity index (χ2n) is 7.26. The number of benzene rings is 2. The Morgan fingerprint density at radius 3 is 2.40 bits per heavy atom. The maximum Gasteiger partial charge on any atom is 0.259 e. The number of carbonyl (C=O) groups excluding carboxylic acids is 1. The monoisotopic (exact) mass is 430 g/mol. The van der Waals surface area contributed by atoms with Crippen LogP contribution in [-0.2, 0) is 10.0 Å². The van der Waals surface area contributed by atoms with E-state index in [0.29, 0.717) is 22.6 Å². The van der Waals surface area contributed by atoms with Gasteiger partial charge in [-0.2, -0.15) is 5.10 Å². The number of nitrogens with zero attached hydrogens (tertiary/aromatic N) is 3. The molecule has 2 aromatic carbocycles. The third-order valence-corrected chi connectivity index (χ3v) is 6.35. The van der Waals surface area contributed by atoms with Crippen LogP contribution in [0, 0.1) is 5.82 Å². The summed E-state index contributed by atoms with van der Waals surface area (Å²) in [4.78, 5) is 13.0. The molecule has 3 rings (SSSR count). The van der Waals surface area contributed by atoms with Gasteiger partial charge in [-0.25, -0.2) is 21.8 Å². The molecule has 0 unspecified atom stereocenters. The van der Waals surface area contributed by atoms with Crippen LogP contribution >= 0.6 is 0 Å². The molecule has 0 saturated heterocycles. The van der Waals surface area contributed by atoms with Gasteiger partial charge in [-0.05, 0) is 48.4 Å². The molecule has 0 atom stereocenters. The summed E-state index contributed by atoms with van der Waals surface area (Å²) in [5, 5.41) is 7.05. The summed E-state index contributed by atoms with van der Waals surface area (Å²) in [5.41, 5.74) is 2.01. The molecule has 0 fully saturated rings. The molecule has 0 saturated carbocycles. The molecule has 0 aliphatic heterocycles. The lowest BCUT2D eigenvalue weighted by Crippen LogP contribution is -2.22. The fourth-order valence-electron chi connectivity index (χ4n) is 3.02. The second kappa shape index (κ2) is 8.37. The maximum absolute atomic E-state index is 13.3. The zero-order chi connectivity index (χ0) is 22.1. The van der Waals surface area contributed by atoms with Crippen molar-refractivity contribution in [3.05, 3.63) is 71.8 Å². The minimum atomic E-state index is -3.62. The first-order valence-corrected chi connectivity index (χ1v) is 10.7. The summed E-state index contributed by atoms with van der Waals surface area (Å²) in [5.74, 6) is -0.812. The van der Waals surface area contributed by atoms with E-state index in [4.69, 9.17) is 0 Å². The Morgan fingerprint density at radius 1 is 1.13 bits per heavy atom. The SMILES string of the molecule is CC(C)c1c(C(=O)Nc2cccc(S(=O)(=O)N(C)C)c2)cnn1-c1ccc(F)cc1. The number of amides is 1. The van der Waals surface area contributed by atoms with Gasteiger partial charge in [-0.1, -0.05) is 19.9 Å². The van der Waals surface area contributed by atoms with Gasteiger partial charge in [-0.3, -0.25) is 4.79 Å². The second-order valence-corrected chi connectivity index (χ2v) is 9.41. The van der Waals surface area contributed by atoms with Gasteiger partial charge in [0, 0.05) is 19.8 Å². The highest BCUT2D eigenvalue weighted by molar-refractivity contribution is 7.89. The van der Waals surface area contributed by atoms with Crippen LogP contribution in [0.1, 0.15) is 35.8 Å². The highest BCUT2D eigenvalue weighted by atomic mass is 32.2. The number of halogens is 1. The lowest BCUT2D eigenvalue weighted by Gasteiger charge is -2.14. The molecular weight excluding hydrogens is 407 g/mol. The van der Waals surface area contributed by atoms with Crippen LogP contribution in [0.3, 0.4) is 0 Å². The molecular formula is C21H23FN4O3S. The molecule has 30 heavy (non-hydrogen) atoms. The van der Waals surface area contributed by atoms with E-state index in [2.05, 4.69) is 10.4 Å². The number of nitrogens with one attached hydrogen (secondary N) is 1. The first-order chi connectivity index (χ1) is 14.1. The summed E-state index contributed by atoms with van der Waals surface area (Å²) >= 11 is 0. The quantitative estimate of drug-likeness (QED) is 0.647. The van der Waals surface area contributed by atoms with Crippen molar-refractivity contribution in [2.45, 2.75) is 24.7 Å².